The number of aryl methyl sites for hydroxylation is 1. The van der Waals surface area contributed by atoms with Gasteiger partial charge in [-0.1, -0.05) is 26.0 Å². The molecule has 1 aromatic heterocycles. The third-order valence-corrected chi connectivity index (χ3v) is 7.85. The molecule has 5 unspecified atom stereocenters. The standard InChI is InChI=1S/C26H36FN5O2/c1-3-16-10-18(34)4-5-19(16)20-6-7-21-24(23(20)27)30-31-25(21)26-28-11-22(29-26)17-8-9-32(13-17)12-15(2)14-33/h4-5,8,10-11,15,20-21,23-25,30-31,33-34H,3,6-7,9,12-14H2,1-2H3,(H,28,29)/t15-,20?,21?,23?,24?,25?/m1/s1. The van der Waals surface area contributed by atoms with Crippen molar-refractivity contribution < 1.29 is 14.6 Å². The van der Waals surface area contributed by atoms with Crippen LogP contribution >= 0.6 is 0 Å². The monoisotopic (exact) mass is 469 g/mol. The highest BCUT2D eigenvalue weighted by Gasteiger charge is 2.48. The first-order valence-electron chi connectivity index (χ1n) is 12.5. The summed E-state index contributed by atoms with van der Waals surface area (Å²) < 4.78 is 15.8. The molecule has 2 aliphatic heterocycles. The Labute approximate surface area is 200 Å². The van der Waals surface area contributed by atoms with Crippen LogP contribution in [-0.2, 0) is 6.42 Å². The fourth-order valence-electron chi connectivity index (χ4n) is 6.01. The maximum Gasteiger partial charge on any atom is 0.125 e. The van der Waals surface area contributed by atoms with E-state index in [1.165, 1.54) is 5.57 Å². The number of aliphatic hydroxyl groups excluding tert-OH is 1. The molecule has 8 heteroatoms. The first-order valence-corrected chi connectivity index (χ1v) is 12.5. The van der Waals surface area contributed by atoms with Gasteiger partial charge < -0.3 is 15.2 Å². The molecule has 5 rings (SSSR count). The van der Waals surface area contributed by atoms with Crippen LogP contribution in [0.4, 0.5) is 4.39 Å². The van der Waals surface area contributed by atoms with Gasteiger partial charge in [0.05, 0.1) is 24.0 Å². The molecule has 1 saturated carbocycles. The highest BCUT2D eigenvalue weighted by atomic mass is 19.1. The number of alkyl halides is 1. The number of phenolic OH excluding ortho intramolecular Hbond substituents is 1. The van der Waals surface area contributed by atoms with Gasteiger partial charge in [-0.2, -0.15) is 0 Å². The summed E-state index contributed by atoms with van der Waals surface area (Å²) in [6.07, 6.45) is 5.54. The van der Waals surface area contributed by atoms with E-state index in [1.54, 1.807) is 12.1 Å². The van der Waals surface area contributed by atoms with Crippen molar-refractivity contribution in [2.24, 2.45) is 11.8 Å². The molecular weight excluding hydrogens is 433 g/mol. The first kappa shape index (κ1) is 23.5. The molecule has 1 aliphatic carbocycles. The summed E-state index contributed by atoms with van der Waals surface area (Å²) in [6.45, 7) is 6.89. The highest BCUT2D eigenvalue weighted by molar-refractivity contribution is 5.66. The molecule has 1 saturated heterocycles. The molecule has 184 valence electrons. The molecule has 0 spiro atoms. The topological polar surface area (TPSA) is 96.4 Å². The number of aromatic hydroxyl groups is 1. The second-order valence-electron chi connectivity index (χ2n) is 10.2. The van der Waals surface area contributed by atoms with Crippen molar-refractivity contribution in [3.8, 4) is 5.75 Å². The van der Waals surface area contributed by atoms with Crippen molar-refractivity contribution in [1.29, 1.82) is 0 Å². The zero-order valence-electron chi connectivity index (χ0n) is 20.0. The van der Waals surface area contributed by atoms with E-state index < -0.39 is 6.17 Å². The largest absolute Gasteiger partial charge is 0.508 e. The Morgan fingerprint density at radius 1 is 1.26 bits per heavy atom. The number of nitrogens with zero attached hydrogens (tertiary/aromatic N) is 2. The van der Waals surface area contributed by atoms with Gasteiger partial charge >= 0.3 is 0 Å². The molecular formula is C26H36FN5O2. The van der Waals surface area contributed by atoms with Gasteiger partial charge in [0.1, 0.15) is 17.7 Å². The Bertz CT molecular complexity index is 1040. The SMILES string of the molecule is CCc1cc(O)ccc1C1CCC2C(c3ncc(C4=CCN(C[C@@H](C)CO)C4)[nH]3)NNC2C1F. The first-order chi connectivity index (χ1) is 16.5. The number of nitrogens with one attached hydrogen (secondary N) is 3. The Morgan fingerprint density at radius 2 is 2.12 bits per heavy atom. The van der Waals surface area contributed by atoms with Gasteiger partial charge in [0, 0.05) is 38.1 Å². The average Bonchev–Trinajstić information content (AvgIpc) is 3.58. The lowest BCUT2D eigenvalue weighted by Gasteiger charge is -2.36. The zero-order valence-corrected chi connectivity index (χ0v) is 20.0. The molecule has 3 heterocycles. The van der Waals surface area contributed by atoms with Crippen molar-refractivity contribution >= 4 is 5.57 Å². The maximum absolute atomic E-state index is 15.8. The lowest BCUT2D eigenvalue weighted by molar-refractivity contribution is 0.135. The van der Waals surface area contributed by atoms with E-state index >= 15 is 4.39 Å². The number of fused-ring (bicyclic) bond motifs is 1. The van der Waals surface area contributed by atoms with Crippen LogP contribution in [0.25, 0.3) is 5.57 Å². The van der Waals surface area contributed by atoms with E-state index in [9.17, 15) is 10.2 Å². The molecule has 0 bridgehead atoms. The lowest BCUT2D eigenvalue weighted by atomic mass is 9.71. The molecule has 0 amide bonds. The van der Waals surface area contributed by atoms with E-state index in [2.05, 4.69) is 38.7 Å². The average molecular weight is 470 g/mol. The molecule has 6 atom stereocenters. The van der Waals surface area contributed by atoms with E-state index in [1.807, 2.05) is 19.2 Å². The number of aromatic nitrogens is 2. The normalized spacial score (nSPS) is 30.4. The van der Waals surface area contributed by atoms with E-state index in [0.29, 0.717) is 0 Å². The van der Waals surface area contributed by atoms with Gasteiger partial charge in [-0.15, -0.1) is 0 Å². The van der Waals surface area contributed by atoms with Gasteiger partial charge in [0.25, 0.3) is 0 Å². The number of aliphatic hydroxyl groups is 1. The van der Waals surface area contributed by atoms with Crippen molar-refractivity contribution in [2.75, 3.05) is 26.2 Å². The van der Waals surface area contributed by atoms with Gasteiger partial charge in [-0.05, 0) is 54.0 Å². The lowest BCUT2D eigenvalue weighted by Crippen LogP contribution is -2.45. The zero-order chi connectivity index (χ0) is 23.8. The van der Waals surface area contributed by atoms with Crippen LogP contribution in [0, 0.1) is 11.8 Å². The molecule has 1 aromatic carbocycles. The molecule has 34 heavy (non-hydrogen) atoms. The number of benzene rings is 1. The molecule has 7 nitrogen and oxygen atoms in total. The quantitative estimate of drug-likeness (QED) is 0.428. The van der Waals surface area contributed by atoms with Crippen LogP contribution in [0.5, 0.6) is 5.75 Å². The summed E-state index contributed by atoms with van der Waals surface area (Å²) in [5.41, 5.74) is 10.8. The van der Waals surface area contributed by atoms with Crippen LogP contribution in [0.2, 0.25) is 0 Å². The number of hydrogen-bond donors (Lipinski definition) is 5. The Hall–Kier alpha value is -2.26. The summed E-state index contributed by atoms with van der Waals surface area (Å²) in [6, 6.07) is 4.99. The van der Waals surface area contributed by atoms with Gasteiger partial charge in [0.2, 0.25) is 0 Å². The number of imidazole rings is 1. The number of rotatable bonds is 7. The van der Waals surface area contributed by atoms with Crippen molar-refractivity contribution in [1.82, 2.24) is 25.7 Å². The van der Waals surface area contributed by atoms with E-state index in [0.717, 1.165) is 61.5 Å². The fraction of sp³-hybridized carbons (Fsp3) is 0.577. The van der Waals surface area contributed by atoms with Gasteiger partial charge in [-0.25, -0.2) is 14.8 Å². The Balaban J connectivity index is 1.26. The van der Waals surface area contributed by atoms with Crippen LogP contribution in [0.1, 0.15) is 61.3 Å². The molecule has 0 radical (unpaired) electrons. The minimum Gasteiger partial charge on any atom is -0.508 e. The van der Waals surface area contributed by atoms with Gasteiger partial charge in [0.15, 0.2) is 0 Å². The predicted molar refractivity (Wildman–Crippen MR) is 130 cm³/mol. The number of hydrazine groups is 1. The van der Waals surface area contributed by atoms with Crippen molar-refractivity contribution in [3.63, 3.8) is 0 Å². The van der Waals surface area contributed by atoms with Crippen molar-refractivity contribution in [2.45, 2.75) is 57.3 Å². The highest BCUT2D eigenvalue weighted by Crippen LogP contribution is 2.45. The van der Waals surface area contributed by atoms with Crippen LogP contribution in [0.3, 0.4) is 0 Å². The van der Waals surface area contributed by atoms with Crippen LogP contribution in [0.15, 0.2) is 30.5 Å². The summed E-state index contributed by atoms with van der Waals surface area (Å²) in [5, 5.41) is 19.2. The molecule has 5 N–H and O–H groups in total. The fourth-order valence-corrected chi connectivity index (χ4v) is 6.01. The predicted octanol–water partition coefficient (Wildman–Crippen LogP) is 3.05. The maximum atomic E-state index is 15.8. The minimum atomic E-state index is -1.01. The number of aromatic amines is 1. The second-order valence-corrected chi connectivity index (χ2v) is 10.2. The summed E-state index contributed by atoms with van der Waals surface area (Å²) in [4.78, 5) is 10.5. The number of halogens is 1. The van der Waals surface area contributed by atoms with E-state index in [-0.39, 0.29) is 42.2 Å². The molecule has 3 aliphatic rings. The van der Waals surface area contributed by atoms with Gasteiger partial charge in [-0.3, -0.25) is 10.3 Å². The smallest absolute Gasteiger partial charge is 0.125 e. The summed E-state index contributed by atoms with van der Waals surface area (Å²) in [7, 11) is 0. The van der Waals surface area contributed by atoms with Crippen molar-refractivity contribution in [3.05, 3.63) is 53.1 Å². The number of hydrogen-bond acceptors (Lipinski definition) is 6. The minimum absolute atomic E-state index is 0.0593. The Morgan fingerprint density at radius 3 is 2.91 bits per heavy atom. The summed E-state index contributed by atoms with van der Waals surface area (Å²) >= 11 is 0. The van der Waals surface area contributed by atoms with Crippen LogP contribution in [-0.4, -0.2) is 63.5 Å². The third kappa shape index (κ3) is 4.40. The molecule has 2 fully saturated rings. The summed E-state index contributed by atoms with van der Waals surface area (Å²) in [5.74, 6) is 1.29. The third-order valence-electron chi connectivity index (χ3n) is 7.85. The number of phenols is 1. The molecule has 2 aromatic rings. The van der Waals surface area contributed by atoms with Crippen LogP contribution < -0.4 is 10.9 Å². The van der Waals surface area contributed by atoms with E-state index in [4.69, 9.17) is 0 Å². The number of H-pyrrole nitrogens is 1. The Kier molecular flexibility index (Phi) is 6.75. The second kappa shape index (κ2) is 9.77.